The van der Waals surface area contributed by atoms with Crippen LogP contribution in [0, 0.1) is 0 Å². The molecule has 3 rings (SSSR count). The summed E-state index contributed by atoms with van der Waals surface area (Å²) in [6, 6.07) is 14.4. The van der Waals surface area contributed by atoms with Gasteiger partial charge in [-0.25, -0.2) is 0 Å². The van der Waals surface area contributed by atoms with Crippen molar-refractivity contribution in [2.24, 2.45) is 0 Å². The highest BCUT2D eigenvalue weighted by Crippen LogP contribution is 2.31. The van der Waals surface area contributed by atoms with Gasteiger partial charge in [-0.1, -0.05) is 41.9 Å². The molecule has 2 aromatic rings. The zero-order valence-corrected chi connectivity index (χ0v) is 15.9. The van der Waals surface area contributed by atoms with Gasteiger partial charge in [0, 0.05) is 10.7 Å². The standard InChI is InChI=1S/C19H18ClN3O2S/c1-11-16(17(23-19(26)21-11)12-6-4-3-5-7-12)18(24)22-14-10-13(20)8-9-15(14)25-2/h3-10,17H,1-2H3,(H,22,24)(H2,21,23,26)/t17-/m1/s1. The Balaban J connectivity index is 1.97. The van der Waals surface area contributed by atoms with Gasteiger partial charge in [0.1, 0.15) is 5.75 Å². The summed E-state index contributed by atoms with van der Waals surface area (Å²) in [5, 5.41) is 10.1. The highest BCUT2D eigenvalue weighted by atomic mass is 35.5. The maximum absolute atomic E-state index is 13.1. The van der Waals surface area contributed by atoms with Crippen molar-refractivity contribution < 1.29 is 9.53 Å². The van der Waals surface area contributed by atoms with E-state index in [0.717, 1.165) is 5.56 Å². The summed E-state index contributed by atoms with van der Waals surface area (Å²) < 4.78 is 5.30. The Morgan fingerprint density at radius 3 is 2.65 bits per heavy atom. The lowest BCUT2D eigenvalue weighted by atomic mass is 9.95. The molecule has 2 aromatic carbocycles. The number of carbonyl (C=O) groups excluding carboxylic acids is 1. The van der Waals surface area contributed by atoms with E-state index in [4.69, 9.17) is 28.6 Å². The van der Waals surface area contributed by atoms with E-state index in [9.17, 15) is 4.79 Å². The second kappa shape index (κ2) is 7.76. The molecule has 0 saturated carbocycles. The number of hydrogen-bond donors (Lipinski definition) is 3. The van der Waals surface area contributed by atoms with Crippen molar-refractivity contribution in [3.63, 3.8) is 0 Å². The Kier molecular flexibility index (Phi) is 5.44. The van der Waals surface area contributed by atoms with E-state index < -0.39 is 0 Å². The molecular weight excluding hydrogens is 370 g/mol. The van der Waals surface area contributed by atoms with E-state index in [0.29, 0.717) is 32.8 Å². The minimum atomic E-state index is -0.352. The van der Waals surface area contributed by atoms with Crippen molar-refractivity contribution >= 4 is 40.5 Å². The third-order valence-electron chi connectivity index (χ3n) is 4.06. The quantitative estimate of drug-likeness (QED) is 0.697. The first kappa shape index (κ1) is 18.2. The monoisotopic (exact) mass is 387 g/mol. The average molecular weight is 388 g/mol. The zero-order valence-electron chi connectivity index (χ0n) is 14.3. The van der Waals surface area contributed by atoms with Gasteiger partial charge in [-0.15, -0.1) is 0 Å². The minimum Gasteiger partial charge on any atom is -0.495 e. The van der Waals surface area contributed by atoms with Crippen LogP contribution in [0.2, 0.25) is 5.02 Å². The summed E-state index contributed by atoms with van der Waals surface area (Å²) in [6.45, 7) is 1.83. The van der Waals surface area contributed by atoms with Gasteiger partial charge in [0.2, 0.25) is 0 Å². The molecule has 0 radical (unpaired) electrons. The van der Waals surface area contributed by atoms with Crippen molar-refractivity contribution in [3.05, 3.63) is 70.4 Å². The molecule has 5 nitrogen and oxygen atoms in total. The summed E-state index contributed by atoms with van der Waals surface area (Å²) in [5.41, 5.74) is 2.69. The average Bonchev–Trinajstić information content (AvgIpc) is 2.62. The SMILES string of the molecule is COc1ccc(Cl)cc1NC(=O)C1=C(C)NC(=S)N[C@@H]1c1ccccc1. The molecule has 0 fully saturated rings. The van der Waals surface area contributed by atoms with Crippen LogP contribution in [0.25, 0.3) is 0 Å². The number of hydrogen-bond acceptors (Lipinski definition) is 3. The number of rotatable bonds is 4. The second-order valence-electron chi connectivity index (χ2n) is 5.78. The Hall–Kier alpha value is -2.57. The fourth-order valence-corrected chi connectivity index (χ4v) is 3.30. The van der Waals surface area contributed by atoms with Crippen LogP contribution >= 0.6 is 23.8 Å². The van der Waals surface area contributed by atoms with E-state index in [2.05, 4.69) is 16.0 Å². The van der Waals surface area contributed by atoms with Gasteiger partial charge in [-0.05, 0) is 42.9 Å². The molecular formula is C19H18ClN3O2S. The molecule has 0 saturated heterocycles. The Bertz CT molecular complexity index is 884. The number of methoxy groups -OCH3 is 1. The smallest absolute Gasteiger partial charge is 0.255 e. The molecule has 1 aliphatic rings. The summed E-state index contributed by atoms with van der Waals surface area (Å²) in [7, 11) is 1.54. The van der Waals surface area contributed by atoms with Crippen LogP contribution < -0.4 is 20.7 Å². The minimum absolute atomic E-state index is 0.264. The van der Waals surface area contributed by atoms with Crippen LogP contribution in [-0.2, 0) is 4.79 Å². The van der Waals surface area contributed by atoms with Crippen LogP contribution in [0.15, 0.2) is 59.8 Å². The Morgan fingerprint density at radius 2 is 1.96 bits per heavy atom. The Labute approximate surface area is 162 Å². The van der Waals surface area contributed by atoms with Gasteiger partial charge < -0.3 is 20.7 Å². The number of ether oxygens (including phenoxy) is 1. The molecule has 0 aromatic heterocycles. The van der Waals surface area contributed by atoms with Crippen LogP contribution in [-0.4, -0.2) is 18.1 Å². The third kappa shape index (κ3) is 3.81. The predicted molar refractivity (Wildman–Crippen MR) is 107 cm³/mol. The topological polar surface area (TPSA) is 62.4 Å². The molecule has 1 atom stereocenters. The van der Waals surface area contributed by atoms with Crippen molar-refractivity contribution in [2.75, 3.05) is 12.4 Å². The summed E-state index contributed by atoms with van der Waals surface area (Å²) in [6.07, 6.45) is 0. The molecule has 0 spiro atoms. The summed E-state index contributed by atoms with van der Waals surface area (Å²) in [4.78, 5) is 13.1. The molecule has 0 bridgehead atoms. The van der Waals surface area contributed by atoms with E-state index in [-0.39, 0.29) is 11.9 Å². The highest BCUT2D eigenvalue weighted by Gasteiger charge is 2.30. The molecule has 26 heavy (non-hydrogen) atoms. The number of allylic oxidation sites excluding steroid dienone is 1. The second-order valence-corrected chi connectivity index (χ2v) is 6.62. The van der Waals surface area contributed by atoms with E-state index in [1.807, 2.05) is 37.3 Å². The van der Waals surface area contributed by atoms with Crippen molar-refractivity contribution in [3.8, 4) is 5.75 Å². The number of anilines is 1. The molecule has 134 valence electrons. The summed E-state index contributed by atoms with van der Waals surface area (Å²) in [5.74, 6) is 0.268. The number of amides is 1. The first-order valence-corrected chi connectivity index (χ1v) is 8.76. The van der Waals surface area contributed by atoms with Crippen molar-refractivity contribution in [1.29, 1.82) is 0 Å². The molecule has 0 aliphatic carbocycles. The van der Waals surface area contributed by atoms with Gasteiger partial charge in [-0.3, -0.25) is 4.79 Å². The molecule has 1 heterocycles. The third-order valence-corrected chi connectivity index (χ3v) is 4.51. The fourth-order valence-electron chi connectivity index (χ4n) is 2.86. The maximum atomic E-state index is 13.1. The molecule has 3 N–H and O–H groups in total. The number of benzene rings is 2. The van der Waals surface area contributed by atoms with E-state index in [1.54, 1.807) is 25.3 Å². The van der Waals surface area contributed by atoms with Gasteiger partial charge in [0.05, 0.1) is 24.4 Å². The first-order chi connectivity index (χ1) is 12.5. The molecule has 0 unspecified atom stereocenters. The van der Waals surface area contributed by atoms with Crippen molar-refractivity contribution in [2.45, 2.75) is 13.0 Å². The van der Waals surface area contributed by atoms with E-state index >= 15 is 0 Å². The van der Waals surface area contributed by atoms with Crippen LogP contribution in [0.1, 0.15) is 18.5 Å². The van der Waals surface area contributed by atoms with Crippen LogP contribution in [0.5, 0.6) is 5.75 Å². The number of nitrogens with one attached hydrogen (secondary N) is 3. The lowest BCUT2D eigenvalue weighted by Crippen LogP contribution is -2.45. The van der Waals surface area contributed by atoms with Crippen LogP contribution in [0.4, 0.5) is 5.69 Å². The van der Waals surface area contributed by atoms with Crippen molar-refractivity contribution in [1.82, 2.24) is 10.6 Å². The van der Waals surface area contributed by atoms with Gasteiger partial charge in [0.25, 0.3) is 5.91 Å². The highest BCUT2D eigenvalue weighted by molar-refractivity contribution is 7.80. The van der Waals surface area contributed by atoms with Crippen LogP contribution in [0.3, 0.4) is 0 Å². The molecule has 1 amide bonds. The largest absolute Gasteiger partial charge is 0.495 e. The van der Waals surface area contributed by atoms with Gasteiger partial charge >= 0.3 is 0 Å². The number of carbonyl (C=O) groups is 1. The number of thiocarbonyl (C=S) groups is 1. The Morgan fingerprint density at radius 1 is 1.23 bits per heavy atom. The lowest BCUT2D eigenvalue weighted by Gasteiger charge is -2.30. The molecule has 7 heteroatoms. The first-order valence-electron chi connectivity index (χ1n) is 7.97. The molecule has 1 aliphatic heterocycles. The zero-order chi connectivity index (χ0) is 18.7. The van der Waals surface area contributed by atoms with Gasteiger partial charge in [-0.2, -0.15) is 0 Å². The lowest BCUT2D eigenvalue weighted by molar-refractivity contribution is -0.113. The number of halogens is 1. The maximum Gasteiger partial charge on any atom is 0.255 e. The summed E-state index contributed by atoms with van der Waals surface area (Å²) >= 11 is 11.3. The van der Waals surface area contributed by atoms with Gasteiger partial charge in [0.15, 0.2) is 5.11 Å². The normalized spacial score (nSPS) is 16.6. The van der Waals surface area contributed by atoms with E-state index in [1.165, 1.54) is 0 Å². The fraction of sp³-hybridized carbons (Fsp3) is 0.158. The predicted octanol–water partition coefficient (Wildman–Crippen LogP) is 3.78.